The van der Waals surface area contributed by atoms with Gasteiger partial charge in [0.25, 0.3) is 0 Å². The van der Waals surface area contributed by atoms with E-state index in [0.29, 0.717) is 27.0 Å². The molecule has 33 heavy (non-hydrogen) atoms. The van der Waals surface area contributed by atoms with Gasteiger partial charge in [0.05, 0.1) is 0 Å². The van der Waals surface area contributed by atoms with Crippen molar-refractivity contribution in [3.05, 3.63) is 77.9 Å². The fraction of sp³-hybridized carbons (Fsp3) is 0.167. The van der Waals surface area contributed by atoms with Crippen molar-refractivity contribution in [2.24, 2.45) is 0 Å². The summed E-state index contributed by atoms with van der Waals surface area (Å²) in [7, 11) is 6.66. The van der Waals surface area contributed by atoms with Crippen LogP contribution in [0.2, 0.25) is 0 Å². The number of fused-ring (bicyclic) bond motifs is 2. The number of hydrogen-bond acceptors (Lipinski definition) is 6. The Hall–Kier alpha value is -3.64. The molecule has 2 aliphatic rings. The Bertz CT molecular complexity index is 1210. The number of benzene rings is 3. The Kier molecular flexibility index (Phi) is 4.62. The molecule has 0 atom stereocenters. The number of hydrogen-bond donors (Lipinski definition) is 0. The van der Waals surface area contributed by atoms with Crippen molar-refractivity contribution >= 4 is 30.0 Å². The molecule has 2 heterocycles. The van der Waals surface area contributed by atoms with Crippen molar-refractivity contribution < 1.29 is 24.5 Å². The van der Waals surface area contributed by atoms with Crippen molar-refractivity contribution in [2.75, 3.05) is 28.2 Å². The molecule has 5 rings (SSSR count). The molecule has 9 heteroatoms. The first-order valence-electron chi connectivity index (χ1n) is 10.3. The molecule has 0 fully saturated rings. The first kappa shape index (κ1) is 21.2. The molecule has 170 valence electrons. The van der Waals surface area contributed by atoms with Crippen LogP contribution in [0.5, 0.6) is 23.0 Å². The molecule has 2 aliphatic heterocycles. The SMILES string of the molecule is CN(C)C(=O)c1cccc2c1O[As]1(c3ccccc3)(O2)Oc2cccc(C(=O)N(C)C)c2O1. The van der Waals surface area contributed by atoms with Gasteiger partial charge in [-0.05, 0) is 0 Å². The summed E-state index contributed by atoms with van der Waals surface area (Å²) in [5.41, 5.74) is 0.668. The first-order valence-corrected chi connectivity index (χ1v) is 14.3. The van der Waals surface area contributed by atoms with Gasteiger partial charge in [0, 0.05) is 0 Å². The summed E-state index contributed by atoms with van der Waals surface area (Å²) in [6.07, 6.45) is 0. The normalized spacial score (nSPS) is 17.2. The predicted molar refractivity (Wildman–Crippen MR) is 123 cm³/mol. The third-order valence-electron chi connectivity index (χ3n) is 5.42. The van der Waals surface area contributed by atoms with Crippen LogP contribution in [0, 0.1) is 0 Å². The second-order valence-corrected chi connectivity index (χ2v) is 14.2. The first-order chi connectivity index (χ1) is 15.7. The van der Waals surface area contributed by atoms with E-state index in [9.17, 15) is 9.59 Å². The monoisotopic (exact) mass is 510 g/mol. The molecule has 3 aromatic carbocycles. The van der Waals surface area contributed by atoms with Gasteiger partial charge < -0.3 is 0 Å². The number of amides is 2. The molecule has 0 saturated carbocycles. The Morgan fingerprint density at radius 2 is 1.06 bits per heavy atom. The number of carbonyl (C=O) groups is 2. The van der Waals surface area contributed by atoms with E-state index in [1.54, 1.807) is 64.6 Å². The fourth-order valence-corrected chi connectivity index (χ4v) is 10.7. The summed E-state index contributed by atoms with van der Waals surface area (Å²) in [4.78, 5) is 28.7. The number of rotatable bonds is 3. The van der Waals surface area contributed by atoms with Gasteiger partial charge in [0.1, 0.15) is 0 Å². The van der Waals surface area contributed by atoms with Gasteiger partial charge in [-0.15, -0.1) is 0 Å². The Labute approximate surface area is 193 Å². The molecule has 0 aromatic heterocycles. The zero-order valence-electron chi connectivity index (χ0n) is 18.6. The van der Waals surface area contributed by atoms with Crippen LogP contribution in [0.4, 0.5) is 0 Å². The summed E-state index contributed by atoms with van der Waals surface area (Å²) in [5, 5.41) is 0. The quantitative estimate of drug-likeness (QED) is 0.505. The molecule has 0 radical (unpaired) electrons. The Morgan fingerprint density at radius 1 is 0.606 bits per heavy atom. The van der Waals surface area contributed by atoms with Crippen molar-refractivity contribution in [3.63, 3.8) is 0 Å². The van der Waals surface area contributed by atoms with E-state index in [1.807, 2.05) is 30.3 Å². The van der Waals surface area contributed by atoms with Crippen LogP contribution in [0.1, 0.15) is 20.7 Å². The third-order valence-corrected chi connectivity index (χ3v) is 12.0. The molecule has 1 spiro atoms. The molecule has 8 nitrogen and oxygen atoms in total. The van der Waals surface area contributed by atoms with E-state index < -0.39 is 13.8 Å². The van der Waals surface area contributed by atoms with Crippen LogP contribution >= 0.6 is 0 Å². The van der Waals surface area contributed by atoms with Crippen LogP contribution < -0.4 is 19.3 Å². The van der Waals surface area contributed by atoms with Gasteiger partial charge in [-0.1, -0.05) is 0 Å². The minimum absolute atomic E-state index is 0.240. The average molecular weight is 510 g/mol. The van der Waals surface area contributed by atoms with Crippen LogP contribution in [0.15, 0.2) is 66.7 Å². The second-order valence-electron chi connectivity index (χ2n) is 8.18. The number of nitrogens with zero attached hydrogens (tertiary/aromatic N) is 2. The number of carbonyl (C=O) groups excluding carboxylic acids is 2. The standard InChI is InChI=1S/C24H23AsN2O6/c1-26(2)23(28)17-12-8-14-19-21(17)32-25(30-19,16-10-6-5-7-11-16)31-20-15-9-13-18(22(20)33-25)24(29)27(3)4/h5-15H,1-4H3. The molecular weight excluding hydrogens is 487 g/mol. The van der Waals surface area contributed by atoms with E-state index in [2.05, 4.69) is 0 Å². The third kappa shape index (κ3) is 3.05. The van der Waals surface area contributed by atoms with Crippen molar-refractivity contribution in [1.29, 1.82) is 0 Å². The van der Waals surface area contributed by atoms with E-state index >= 15 is 0 Å². The minimum atomic E-state index is -5.31. The maximum absolute atomic E-state index is 12.9. The van der Waals surface area contributed by atoms with E-state index in [0.717, 1.165) is 0 Å². The molecular formula is C24H23AsN2O6. The number of para-hydroxylation sites is 2. The van der Waals surface area contributed by atoms with Crippen molar-refractivity contribution in [3.8, 4) is 23.0 Å². The second kappa shape index (κ2) is 7.18. The van der Waals surface area contributed by atoms with Crippen LogP contribution in [-0.2, 0) is 0 Å². The van der Waals surface area contributed by atoms with Crippen LogP contribution in [0.3, 0.4) is 0 Å². The van der Waals surface area contributed by atoms with Crippen LogP contribution in [-0.4, -0.2) is 63.6 Å². The van der Waals surface area contributed by atoms with Gasteiger partial charge in [-0.2, -0.15) is 0 Å². The molecule has 0 unspecified atom stereocenters. The Balaban J connectivity index is 1.71. The molecule has 0 aliphatic carbocycles. The van der Waals surface area contributed by atoms with Crippen molar-refractivity contribution in [2.45, 2.75) is 0 Å². The molecule has 0 saturated heterocycles. The van der Waals surface area contributed by atoms with E-state index in [4.69, 9.17) is 14.9 Å². The van der Waals surface area contributed by atoms with Gasteiger partial charge >= 0.3 is 193 Å². The zero-order valence-corrected chi connectivity index (χ0v) is 20.5. The predicted octanol–water partition coefficient (Wildman–Crippen LogP) is 2.63. The van der Waals surface area contributed by atoms with E-state index in [1.165, 1.54) is 9.80 Å². The maximum atomic E-state index is 12.9. The summed E-state index contributed by atoms with van der Waals surface area (Å²) in [6, 6.07) is 19.4. The zero-order chi connectivity index (χ0) is 23.4. The topological polar surface area (TPSA) is 77.5 Å². The van der Waals surface area contributed by atoms with Gasteiger partial charge in [-0.25, -0.2) is 0 Å². The van der Waals surface area contributed by atoms with Gasteiger partial charge in [-0.3, -0.25) is 0 Å². The van der Waals surface area contributed by atoms with Gasteiger partial charge in [0.2, 0.25) is 0 Å². The Morgan fingerprint density at radius 3 is 1.48 bits per heavy atom. The average Bonchev–Trinajstić information content (AvgIpc) is 3.33. The van der Waals surface area contributed by atoms with Gasteiger partial charge in [0.15, 0.2) is 0 Å². The van der Waals surface area contributed by atoms with Crippen LogP contribution in [0.25, 0.3) is 0 Å². The molecule has 0 N–H and O–H groups in total. The molecule has 3 aromatic rings. The molecule has 0 bridgehead atoms. The molecule has 2 amide bonds. The van der Waals surface area contributed by atoms with Crippen molar-refractivity contribution in [1.82, 2.24) is 9.80 Å². The summed E-state index contributed by atoms with van der Waals surface area (Å²) in [5.74, 6) is 0.752. The van der Waals surface area contributed by atoms with E-state index in [-0.39, 0.29) is 23.3 Å². The summed E-state index contributed by atoms with van der Waals surface area (Å²) in [6.45, 7) is 0. The fourth-order valence-electron chi connectivity index (χ4n) is 3.83. The summed E-state index contributed by atoms with van der Waals surface area (Å²) < 4.78 is 26.7. The summed E-state index contributed by atoms with van der Waals surface area (Å²) >= 11 is -5.31.